The van der Waals surface area contributed by atoms with E-state index in [1.54, 1.807) is 55.5 Å². The molecule has 29 heavy (non-hydrogen) atoms. The van der Waals surface area contributed by atoms with Crippen LogP contribution in [0, 0.1) is 12.7 Å². The van der Waals surface area contributed by atoms with Gasteiger partial charge in [-0.3, -0.25) is 14.5 Å². The lowest BCUT2D eigenvalue weighted by Gasteiger charge is -2.24. The Labute approximate surface area is 166 Å². The number of aliphatic hydroxyl groups excluding tert-OH is 1. The van der Waals surface area contributed by atoms with Crippen LogP contribution in [0.3, 0.4) is 0 Å². The van der Waals surface area contributed by atoms with Crippen LogP contribution in [0.25, 0.3) is 5.76 Å². The molecule has 2 heterocycles. The van der Waals surface area contributed by atoms with Crippen LogP contribution in [0.1, 0.15) is 22.9 Å². The van der Waals surface area contributed by atoms with Gasteiger partial charge < -0.3 is 5.11 Å². The lowest BCUT2D eigenvalue weighted by atomic mass is 9.95. The van der Waals surface area contributed by atoms with Crippen LogP contribution in [-0.2, 0) is 9.59 Å². The number of rotatable bonds is 3. The topological polar surface area (TPSA) is 70.5 Å². The van der Waals surface area contributed by atoms with E-state index in [0.717, 1.165) is 0 Å². The zero-order valence-electron chi connectivity index (χ0n) is 15.5. The summed E-state index contributed by atoms with van der Waals surface area (Å²) >= 11 is 0. The minimum absolute atomic E-state index is 0.0592. The smallest absolute Gasteiger partial charge is 0.301 e. The van der Waals surface area contributed by atoms with Crippen molar-refractivity contribution in [3.05, 3.63) is 101 Å². The number of benzene rings is 2. The summed E-state index contributed by atoms with van der Waals surface area (Å²) in [4.78, 5) is 31.5. The summed E-state index contributed by atoms with van der Waals surface area (Å²) < 4.78 is 13.5. The van der Waals surface area contributed by atoms with Crippen molar-refractivity contribution in [2.24, 2.45) is 0 Å². The number of carbonyl (C=O) groups is 2. The van der Waals surface area contributed by atoms with Crippen molar-refractivity contribution in [2.75, 3.05) is 4.90 Å². The zero-order chi connectivity index (χ0) is 20.5. The molecule has 6 heteroatoms. The first-order valence-corrected chi connectivity index (χ1v) is 9.03. The minimum atomic E-state index is -0.926. The molecule has 0 bridgehead atoms. The maximum Gasteiger partial charge on any atom is 0.301 e. The Bertz CT molecular complexity index is 1120. The molecule has 0 saturated carbocycles. The molecular formula is C23H17FN2O3. The van der Waals surface area contributed by atoms with Gasteiger partial charge in [0.25, 0.3) is 5.78 Å². The third kappa shape index (κ3) is 3.29. The second kappa shape index (κ2) is 7.31. The average molecular weight is 388 g/mol. The molecule has 144 valence electrons. The van der Waals surface area contributed by atoms with Gasteiger partial charge in [-0.1, -0.05) is 48.5 Å². The van der Waals surface area contributed by atoms with Gasteiger partial charge in [-0.05, 0) is 36.8 Å². The molecule has 2 aromatic carbocycles. The molecule has 1 unspecified atom stereocenters. The largest absolute Gasteiger partial charge is 0.507 e. The van der Waals surface area contributed by atoms with Gasteiger partial charge >= 0.3 is 5.91 Å². The number of ketones is 1. The summed E-state index contributed by atoms with van der Waals surface area (Å²) in [5, 5.41) is 10.9. The number of amides is 1. The number of aryl methyl sites for hydroxylation is 1. The average Bonchev–Trinajstić information content (AvgIpc) is 2.99. The molecule has 0 aliphatic carbocycles. The first-order chi connectivity index (χ1) is 14.0. The zero-order valence-corrected chi connectivity index (χ0v) is 15.5. The van der Waals surface area contributed by atoms with Crippen molar-refractivity contribution in [3.63, 3.8) is 0 Å². The number of hydrogen-bond donors (Lipinski definition) is 1. The number of anilines is 1. The molecule has 0 spiro atoms. The molecule has 1 aliphatic heterocycles. The molecule has 3 aromatic rings. The van der Waals surface area contributed by atoms with Gasteiger partial charge in [0, 0.05) is 11.3 Å². The van der Waals surface area contributed by atoms with Crippen LogP contribution >= 0.6 is 0 Å². The number of aliphatic hydroxyl groups is 1. The number of aromatic nitrogens is 1. The minimum Gasteiger partial charge on any atom is -0.507 e. The number of pyridine rings is 1. The second-order valence-electron chi connectivity index (χ2n) is 6.72. The van der Waals surface area contributed by atoms with Gasteiger partial charge in [-0.2, -0.15) is 0 Å². The Morgan fingerprint density at radius 3 is 2.31 bits per heavy atom. The molecule has 1 aliphatic rings. The fraction of sp³-hybridized carbons (Fsp3) is 0.0870. The lowest BCUT2D eigenvalue weighted by Crippen LogP contribution is -2.30. The second-order valence-corrected chi connectivity index (χ2v) is 6.72. The highest BCUT2D eigenvalue weighted by Gasteiger charge is 2.47. The highest BCUT2D eigenvalue weighted by atomic mass is 19.1. The Morgan fingerprint density at radius 1 is 0.966 bits per heavy atom. The Kier molecular flexibility index (Phi) is 4.68. The van der Waals surface area contributed by atoms with E-state index in [1.807, 2.05) is 0 Å². The van der Waals surface area contributed by atoms with E-state index in [0.29, 0.717) is 16.8 Å². The van der Waals surface area contributed by atoms with Crippen LogP contribution in [0.15, 0.2) is 78.4 Å². The maximum absolute atomic E-state index is 13.5. The van der Waals surface area contributed by atoms with Crippen molar-refractivity contribution < 1.29 is 19.1 Å². The van der Waals surface area contributed by atoms with E-state index in [1.165, 1.54) is 29.2 Å². The van der Waals surface area contributed by atoms with E-state index in [9.17, 15) is 19.1 Å². The van der Waals surface area contributed by atoms with E-state index in [-0.39, 0.29) is 17.2 Å². The van der Waals surface area contributed by atoms with E-state index >= 15 is 0 Å². The van der Waals surface area contributed by atoms with Crippen LogP contribution in [0.5, 0.6) is 0 Å². The predicted octanol–water partition coefficient (Wildman–Crippen LogP) is 4.16. The fourth-order valence-corrected chi connectivity index (χ4v) is 3.44. The highest BCUT2D eigenvalue weighted by Crippen LogP contribution is 2.41. The maximum atomic E-state index is 13.5. The van der Waals surface area contributed by atoms with E-state index in [2.05, 4.69) is 4.98 Å². The molecule has 5 nitrogen and oxygen atoms in total. The molecule has 1 saturated heterocycles. The molecule has 1 atom stereocenters. The Morgan fingerprint density at radius 2 is 1.66 bits per heavy atom. The molecule has 1 aromatic heterocycles. The van der Waals surface area contributed by atoms with Crippen molar-refractivity contribution in [2.45, 2.75) is 13.0 Å². The molecule has 0 radical (unpaired) electrons. The van der Waals surface area contributed by atoms with Gasteiger partial charge in [-0.25, -0.2) is 9.37 Å². The van der Waals surface area contributed by atoms with Gasteiger partial charge in [0.2, 0.25) is 0 Å². The molecule has 1 amide bonds. The van der Waals surface area contributed by atoms with Crippen LogP contribution < -0.4 is 4.90 Å². The summed E-state index contributed by atoms with van der Waals surface area (Å²) in [6.45, 7) is 1.77. The summed E-state index contributed by atoms with van der Waals surface area (Å²) in [5.74, 6) is -2.05. The van der Waals surface area contributed by atoms with Gasteiger partial charge in [0.15, 0.2) is 0 Å². The van der Waals surface area contributed by atoms with Crippen LogP contribution in [0.2, 0.25) is 0 Å². The first kappa shape index (κ1) is 18.6. The van der Waals surface area contributed by atoms with Crippen molar-refractivity contribution in [3.8, 4) is 0 Å². The highest BCUT2D eigenvalue weighted by molar-refractivity contribution is 6.51. The fourth-order valence-electron chi connectivity index (χ4n) is 3.44. The molecule has 1 N–H and O–H groups in total. The predicted molar refractivity (Wildman–Crippen MR) is 107 cm³/mol. The quantitative estimate of drug-likeness (QED) is 0.416. The summed E-state index contributed by atoms with van der Waals surface area (Å²) in [7, 11) is 0. The number of carbonyl (C=O) groups excluding carboxylic acids is 2. The third-order valence-electron chi connectivity index (χ3n) is 4.80. The monoisotopic (exact) mass is 388 g/mol. The Balaban J connectivity index is 1.96. The van der Waals surface area contributed by atoms with Crippen LogP contribution in [-0.4, -0.2) is 21.8 Å². The molecular weight excluding hydrogens is 371 g/mol. The number of hydrogen-bond acceptors (Lipinski definition) is 4. The van der Waals surface area contributed by atoms with E-state index in [4.69, 9.17) is 0 Å². The van der Waals surface area contributed by atoms with Gasteiger partial charge in [0.1, 0.15) is 17.4 Å². The normalized spacial score (nSPS) is 18.3. The van der Waals surface area contributed by atoms with Gasteiger partial charge in [0.05, 0.1) is 11.6 Å². The van der Waals surface area contributed by atoms with Crippen molar-refractivity contribution >= 4 is 23.3 Å². The lowest BCUT2D eigenvalue weighted by molar-refractivity contribution is -0.132. The molecule has 4 rings (SSSR count). The van der Waals surface area contributed by atoms with Crippen LogP contribution in [0.4, 0.5) is 10.2 Å². The van der Waals surface area contributed by atoms with Gasteiger partial charge in [-0.15, -0.1) is 0 Å². The van der Waals surface area contributed by atoms with Crippen molar-refractivity contribution in [1.82, 2.24) is 4.98 Å². The first-order valence-electron chi connectivity index (χ1n) is 9.03. The van der Waals surface area contributed by atoms with Crippen molar-refractivity contribution in [1.29, 1.82) is 0 Å². The summed E-state index contributed by atoms with van der Waals surface area (Å²) in [6, 6.07) is 18.2. The number of nitrogens with zero attached hydrogens (tertiary/aromatic N) is 2. The standard InChI is InChI=1S/C23H17FN2O3/c1-14-6-5-9-18(25-14)26-20(15-10-12-17(24)13-11-15)19(22(28)23(26)29)21(27)16-7-3-2-4-8-16/h2-13,20,27H,1H3/b21-19-. The third-order valence-corrected chi connectivity index (χ3v) is 4.80. The SMILES string of the molecule is Cc1cccc(N2C(=O)C(=O)/C(=C(\O)c3ccccc3)C2c2ccc(F)cc2)n1. The Hall–Kier alpha value is -3.80. The summed E-state index contributed by atoms with van der Waals surface area (Å²) in [6.07, 6.45) is 0. The molecule has 1 fully saturated rings. The number of Topliss-reactive ketones (excluding diaryl/α,β-unsaturated/α-hetero) is 1. The summed E-state index contributed by atoms with van der Waals surface area (Å²) in [5.41, 5.74) is 1.52. The van der Waals surface area contributed by atoms with E-state index < -0.39 is 23.5 Å². The number of halogens is 1.